The molecular formula is C16H24FN3O. The topological polar surface area (TPSA) is 44.4 Å². The Morgan fingerprint density at radius 3 is 2.81 bits per heavy atom. The van der Waals surface area contributed by atoms with Crippen molar-refractivity contribution in [2.45, 2.75) is 26.3 Å². The zero-order chi connectivity index (χ0) is 15.2. The van der Waals surface area contributed by atoms with Crippen LogP contribution in [0.25, 0.3) is 0 Å². The highest BCUT2D eigenvalue weighted by atomic mass is 19.1. The van der Waals surface area contributed by atoms with Gasteiger partial charge in [0.2, 0.25) is 5.91 Å². The average molecular weight is 293 g/mol. The molecular weight excluding hydrogens is 269 g/mol. The second kappa shape index (κ2) is 7.52. The van der Waals surface area contributed by atoms with E-state index in [4.69, 9.17) is 0 Å². The van der Waals surface area contributed by atoms with Crippen molar-refractivity contribution in [1.29, 1.82) is 0 Å². The van der Waals surface area contributed by atoms with E-state index in [1.54, 1.807) is 6.07 Å². The first-order valence-electron chi connectivity index (χ1n) is 7.55. The Labute approximate surface area is 125 Å². The number of nitrogens with one attached hydrogen (secondary N) is 2. The number of rotatable bonds is 5. The molecule has 1 saturated heterocycles. The lowest BCUT2D eigenvalue weighted by atomic mass is 10.1. The summed E-state index contributed by atoms with van der Waals surface area (Å²) >= 11 is 0. The van der Waals surface area contributed by atoms with Gasteiger partial charge in [0.05, 0.1) is 6.04 Å². The molecule has 1 heterocycles. The highest BCUT2D eigenvalue weighted by Crippen LogP contribution is 2.10. The van der Waals surface area contributed by atoms with Gasteiger partial charge >= 0.3 is 0 Å². The predicted molar refractivity (Wildman–Crippen MR) is 81.8 cm³/mol. The molecule has 1 atom stereocenters. The first-order valence-corrected chi connectivity index (χ1v) is 7.55. The number of halogens is 1. The molecule has 1 aromatic rings. The van der Waals surface area contributed by atoms with Crippen LogP contribution in [0.4, 0.5) is 4.39 Å². The van der Waals surface area contributed by atoms with E-state index in [9.17, 15) is 9.18 Å². The SMILES string of the molecule is Cc1cc(F)ccc1CCNC(=O)C(C)N1CCNCC1. The van der Waals surface area contributed by atoms with Gasteiger partial charge in [-0.1, -0.05) is 6.07 Å². The smallest absolute Gasteiger partial charge is 0.237 e. The van der Waals surface area contributed by atoms with Crippen molar-refractivity contribution in [3.05, 3.63) is 35.1 Å². The van der Waals surface area contributed by atoms with E-state index in [1.165, 1.54) is 12.1 Å². The van der Waals surface area contributed by atoms with Crippen LogP contribution in [0.15, 0.2) is 18.2 Å². The molecule has 0 bridgehead atoms. The molecule has 0 spiro atoms. The quantitative estimate of drug-likeness (QED) is 0.854. The minimum absolute atomic E-state index is 0.0664. The molecule has 2 rings (SSSR count). The van der Waals surface area contributed by atoms with E-state index >= 15 is 0 Å². The van der Waals surface area contributed by atoms with Crippen LogP contribution in [0.2, 0.25) is 0 Å². The Kier molecular flexibility index (Phi) is 5.70. The minimum atomic E-state index is -0.215. The first-order chi connectivity index (χ1) is 10.1. The van der Waals surface area contributed by atoms with Gasteiger partial charge in [0.15, 0.2) is 0 Å². The van der Waals surface area contributed by atoms with Crippen molar-refractivity contribution >= 4 is 5.91 Å². The second-order valence-electron chi connectivity index (χ2n) is 5.57. The second-order valence-corrected chi connectivity index (χ2v) is 5.57. The zero-order valence-electron chi connectivity index (χ0n) is 12.8. The fourth-order valence-electron chi connectivity index (χ4n) is 2.64. The van der Waals surface area contributed by atoms with E-state index < -0.39 is 0 Å². The molecule has 0 radical (unpaired) electrons. The molecule has 1 fully saturated rings. The Morgan fingerprint density at radius 1 is 1.43 bits per heavy atom. The van der Waals surface area contributed by atoms with Crippen LogP contribution in [0, 0.1) is 12.7 Å². The zero-order valence-corrected chi connectivity index (χ0v) is 12.8. The Morgan fingerprint density at radius 2 is 2.14 bits per heavy atom. The number of nitrogens with zero attached hydrogens (tertiary/aromatic N) is 1. The van der Waals surface area contributed by atoms with Gasteiger partial charge in [0.25, 0.3) is 0 Å². The molecule has 0 saturated carbocycles. The van der Waals surface area contributed by atoms with Crippen molar-refractivity contribution in [2.24, 2.45) is 0 Å². The van der Waals surface area contributed by atoms with Crippen LogP contribution in [0.3, 0.4) is 0 Å². The molecule has 5 heteroatoms. The molecule has 1 amide bonds. The molecule has 1 aliphatic heterocycles. The van der Waals surface area contributed by atoms with E-state index in [0.29, 0.717) is 6.54 Å². The molecule has 2 N–H and O–H groups in total. The van der Waals surface area contributed by atoms with Gasteiger partial charge in [-0.2, -0.15) is 0 Å². The van der Waals surface area contributed by atoms with E-state index in [0.717, 1.165) is 43.7 Å². The number of carbonyl (C=O) groups excluding carboxylic acids is 1. The van der Waals surface area contributed by atoms with Crippen LogP contribution >= 0.6 is 0 Å². The van der Waals surface area contributed by atoms with Crippen LogP contribution in [0.1, 0.15) is 18.1 Å². The third kappa shape index (κ3) is 4.51. The summed E-state index contributed by atoms with van der Waals surface area (Å²) in [7, 11) is 0. The van der Waals surface area contributed by atoms with Gasteiger partial charge in [0.1, 0.15) is 5.82 Å². The molecule has 1 aliphatic rings. The predicted octanol–water partition coefficient (Wildman–Crippen LogP) is 1.09. The van der Waals surface area contributed by atoms with E-state index in [1.807, 2.05) is 13.8 Å². The van der Waals surface area contributed by atoms with Crippen molar-refractivity contribution < 1.29 is 9.18 Å². The lowest BCUT2D eigenvalue weighted by molar-refractivity contribution is -0.126. The van der Waals surface area contributed by atoms with Gasteiger partial charge in [-0.05, 0) is 43.5 Å². The Balaban J connectivity index is 1.78. The number of hydrogen-bond acceptors (Lipinski definition) is 3. The van der Waals surface area contributed by atoms with E-state index in [2.05, 4.69) is 15.5 Å². The standard InChI is InChI=1S/C16H24FN3O/c1-12-11-15(17)4-3-14(12)5-6-19-16(21)13(2)20-9-7-18-8-10-20/h3-4,11,13,18H,5-10H2,1-2H3,(H,19,21). The number of carbonyl (C=O) groups is 1. The number of amides is 1. The van der Waals surface area contributed by atoms with Gasteiger partial charge in [-0.25, -0.2) is 4.39 Å². The maximum absolute atomic E-state index is 13.0. The normalized spacial score (nSPS) is 17.5. The van der Waals surface area contributed by atoms with Crippen LogP contribution in [-0.2, 0) is 11.2 Å². The van der Waals surface area contributed by atoms with Crippen LogP contribution in [0.5, 0.6) is 0 Å². The summed E-state index contributed by atoms with van der Waals surface area (Å²) in [5, 5.41) is 6.26. The maximum Gasteiger partial charge on any atom is 0.237 e. The van der Waals surface area contributed by atoms with Gasteiger partial charge in [0, 0.05) is 32.7 Å². The molecule has 1 unspecified atom stereocenters. The average Bonchev–Trinajstić information content (AvgIpc) is 2.49. The lowest BCUT2D eigenvalue weighted by Gasteiger charge is -2.31. The minimum Gasteiger partial charge on any atom is -0.354 e. The van der Waals surface area contributed by atoms with Crippen molar-refractivity contribution in [3.63, 3.8) is 0 Å². The molecule has 1 aromatic carbocycles. The number of hydrogen-bond donors (Lipinski definition) is 2. The molecule has 0 aliphatic carbocycles. The summed E-state index contributed by atoms with van der Waals surface area (Å²) in [6.45, 7) is 8.12. The van der Waals surface area contributed by atoms with Gasteiger partial charge in [-0.3, -0.25) is 9.69 Å². The monoisotopic (exact) mass is 293 g/mol. The van der Waals surface area contributed by atoms with Gasteiger partial charge in [-0.15, -0.1) is 0 Å². The van der Waals surface area contributed by atoms with Crippen molar-refractivity contribution in [2.75, 3.05) is 32.7 Å². The molecule has 4 nitrogen and oxygen atoms in total. The third-order valence-electron chi connectivity index (χ3n) is 4.08. The number of piperazine rings is 1. The highest BCUT2D eigenvalue weighted by Gasteiger charge is 2.22. The molecule has 116 valence electrons. The third-order valence-corrected chi connectivity index (χ3v) is 4.08. The Bertz CT molecular complexity index is 486. The number of benzene rings is 1. The largest absolute Gasteiger partial charge is 0.354 e. The highest BCUT2D eigenvalue weighted by molar-refractivity contribution is 5.81. The summed E-state index contributed by atoms with van der Waals surface area (Å²) in [5.74, 6) is -0.149. The van der Waals surface area contributed by atoms with Crippen LogP contribution in [-0.4, -0.2) is 49.6 Å². The summed E-state index contributed by atoms with van der Waals surface area (Å²) in [4.78, 5) is 14.3. The summed E-state index contributed by atoms with van der Waals surface area (Å²) in [5.41, 5.74) is 2.01. The number of aryl methyl sites for hydroxylation is 1. The summed E-state index contributed by atoms with van der Waals surface area (Å²) < 4.78 is 13.0. The maximum atomic E-state index is 13.0. The first kappa shape index (κ1) is 15.9. The Hall–Kier alpha value is -1.46. The van der Waals surface area contributed by atoms with Gasteiger partial charge < -0.3 is 10.6 Å². The van der Waals surface area contributed by atoms with Crippen LogP contribution < -0.4 is 10.6 Å². The fourth-order valence-corrected chi connectivity index (χ4v) is 2.64. The molecule has 21 heavy (non-hydrogen) atoms. The summed E-state index contributed by atoms with van der Waals surface area (Å²) in [6, 6.07) is 4.69. The summed E-state index contributed by atoms with van der Waals surface area (Å²) in [6.07, 6.45) is 0.728. The van der Waals surface area contributed by atoms with Crippen molar-refractivity contribution in [1.82, 2.24) is 15.5 Å². The lowest BCUT2D eigenvalue weighted by Crippen LogP contribution is -2.52. The van der Waals surface area contributed by atoms with E-state index in [-0.39, 0.29) is 17.8 Å². The molecule has 0 aromatic heterocycles. The van der Waals surface area contributed by atoms with Crippen molar-refractivity contribution in [3.8, 4) is 0 Å². The fraction of sp³-hybridized carbons (Fsp3) is 0.562.